The van der Waals surface area contributed by atoms with E-state index < -0.39 is 23.4 Å². The summed E-state index contributed by atoms with van der Waals surface area (Å²) in [6.45, 7) is 1.87. The van der Waals surface area contributed by atoms with Crippen LogP contribution in [0.1, 0.15) is 11.1 Å². The van der Waals surface area contributed by atoms with Gasteiger partial charge < -0.3 is 10.1 Å². The summed E-state index contributed by atoms with van der Waals surface area (Å²) in [5.74, 6) is -2.93. The largest absolute Gasteiger partial charge is 0.497 e. The maximum absolute atomic E-state index is 13.8. The lowest BCUT2D eigenvalue weighted by Gasteiger charge is -2.16. The first-order valence-corrected chi connectivity index (χ1v) is 9.46. The average Bonchev–Trinajstić information content (AvgIpc) is 3.01. The summed E-state index contributed by atoms with van der Waals surface area (Å²) in [5.41, 5.74) is 2.13. The van der Waals surface area contributed by atoms with Gasteiger partial charge in [-0.15, -0.1) is 0 Å². The first-order chi connectivity index (χ1) is 14.9. The molecule has 0 radical (unpaired) electrons. The van der Waals surface area contributed by atoms with Crippen molar-refractivity contribution in [3.05, 3.63) is 95.2 Å². The number of carbonyl (C=O) groups excluding carboxylic acids is 2. The van der Waals surface area contributed by atoms with Crippen LogP contribution in [-0.2, 0) is 9.59 Å². The van der Waals surface area contributed by atoms with Crippen molar-refractivity contribution >= 4 is 28.8 Å². The number of hydrogen-bond donors (Lipinski definition) is 1. The number of imide groups is 1. The molecule has 0 aromatic heterocycles. The van der Waals surface area contributed by atoms with Crippen LogP contribution in [0.5, 0.6) is 5.75 Å². The van der Waals surface area contributed by atoms with E-state index in [0.29, 0.717) is 17.0 Å². The summed E-state index contributed by atoms with van der Waals surface area (Å²) >= 11 is 0. The predicted molar refractivity (Wildman–Crippen MR) is 114 cm³/mol. The van der Waals surface area contributed by atoms with Gasteiger partial charge >= 0.3 is 0 Å². The highest BCUT2D eigenvalue weighted by atomic mass is 19.2. The number of amides is 2. The van der Waals surface area contributed by atoms with Crippen molar-refractivity contribution in [1.82, 2.24) is 0 Å². The number of methoxy groups -OCH3 is 1. The Kier molecular flexibility index (Phi) is 5.25. The maximum Gasteiger partial charge on any atom is 0.282 e. The van der Waals surface area contributed by atoms with Crippen LogP contribution in [0, 0.1) is 18.6 Å². The number of nitrogens with zero attached hydrogens (tertiary/aromatic N) is 1. The van der Waals surface area contributed by atoms with Crippen LogP contribution in [0.15, 0.2) is 72.4 Å². The molecule has 1 heterocycles. The summed E-state index contributed by atoms with van der Waals surface area (Å²) < 4.78 is 32.4. The van der Waals surface area contributed by atoms with Crippen LogP contribution in [0.3, 0.4) is 0 Å². The van der Waals surface area contributed by atoms with Crippen LogP contribution in [0.4, 0.5) is 20.2 Å². The Balaban J connectivity index is 1.83. The molecule has 0 bridgehead atoms. The molecule has 3 aromatic rings. The molecule has 1 aliphatic heterocycles. The standard InChI is InChI=1S/C24H18F2N2O3/c1-14-5-3-4-6-20(14)27-22-21(15-7-10-17(31-2)11-8-15)23(29)28(24(22)30)16-9-12-18(25)19(26)13-16/h3-13,27H,1-2H3. The van der Waals surface area contributed by atoms with Gasteiger partial charge in [-0.25, -0.2) is 13.7 Å². The highest BCUT2D eigenvalue weighted by molar-refractivity contribution is 6.46. The smallest absolute Gasteiger partial charge is 0.282 e. The van der Waals surface area contributed by atoms with Crippen molar-refractivity contribution in [3.8, 4) is 5.75 Å². The van der Waals surface area contributed by atoms with Crippen LogP contribution in [0.2, 0.25) is 0 Å². The molecule has 0 atom stereocenters. The van der Waals surface area contributed by atoms with Crippen molar-refractivity contribution < 1.29 is 23.1 Å². The second-order valence-corrected chi connectivity index (χ2v) is 6.96. The second-order valence-electron chi connectivity index (χ2n) is 6.96. The Bertz CT molecular complexity index is 1220. The minimum absolute atomic E-state index is 0.0502. The van der Waals surface area contributed by atoms with Gasteiger partial charge in [0.1, 0.15) is 11.4 Å². The van der Waals surface area contributed by atoms with Gasteiger partial charge in [0.05, 0.1) is 18.4 Å². The summed E-state index contributed by atoms with van der Waals surface area (Å²) in [5, 5.41) is 3.06. The summed E-state index contributed by atoms with van der Waals surface area (Å²) in [6.07, 6.45) is 0. The third-order valence-electron chi connectivity index (χ3n) is 5.03. The average molecular weight is 420 g/mol. The number of halogens is 2. The fourth-order valence-corrected chi connectivity index (χ4v) is 3.38. The number of benzene rings is 3. The molecule has 0 fully saturated rings. The lowest BCUT2D eigenvalue weighted by atomic mass is 10.0. The minimum atomic E-state index is -1.15. The third-order valence-corrected chi connectivity index (χ3v) is 5.03. The van der Waals surface area contributed by atoms with E-state index in [1.54, 1.807) is 36.4 Å². The molecule has 31 heavy (non-hydrogen) atoms. The van der Waals surface area contributed by atoms with Gasteiger partial charge in [0.2, 0.25) is 0 Å². The van der Waals surface area contributed by atoms with E-state index in [9.17, 15) is 18.4 Å². The molecule has 0 saturated carbocycles. The normalized spacial score (nSPS) is 13.7. The van der Waals surface area contributed by atoms with E-state index in [2.05, 4.69) is 5.32 Å². The Morgan fingerprint density at radius 3 is 2.23 bits per heavy atom. The lowest BCUT2D eigenvalue weighted by molar-refractivity contribution is -0.120. The highest BCUT2D eigenvalue weighted by Crippen LogP contribution is 2.35. The zero-order valence-electron chi connectivity index (χ0n) is 16.8. The number of anilines is 2. The number of ether oxygens (including phenoxy) is 1. The zero-order chi connectivity index (χ0) is 22.1. The highest BCUT2D eigenvalue weighted by Gasteiger charge is 2.40. The number of rotatable bonds is 5. The molecule has 4 rings (SSSR count). The van der Waals surface area contributed by atoms with Gasteiger partial charge in [-0.3, -0.25) is 9.59 Å². The van der Waals surface area contributed by atoms with Crippen LogP contribution >= 0.6 is 0 Å². The second kappa shape index (κ2) is 8.02. The molecule has 5 nitrogen and oxygen atoms in total. The molecule has 2 amide bonds. The van der Waals surface area contributed by atoms with E-state index in [-0.39, 0.29) is 17.0 Å². The Morgan fingerprint density at radius 2 is 1.58 bits per heavy atom. The Hall–Kier alpha value is -4.00. The van der Waals surface area contributed by atoms with Gasteiger partial charge in [-0.2, -0.15) is 0 Å². The molecule has 7 heteroatoms. The van der Waals surface area contributed by atoms with Crippen molar-refractivity contribution in [1.29, 1.82) is 0 Å². The third kappa shape index (κ3) is 3.66. The fourth-order valence-electron chi connectivity index (χ4n) is 3.38. The monoisotopic (exact) mass is 420 g/mol. The zero-order valence-corrected chi connectivity index (χ0v) is 16.8. The van der Waals surface area contributed by atoms with Gasteiger partial charge in [-0.1, -0.05) is 30.3 Å². The van der Waals surface area contributed by atoms with E-state index >= 15 is 0 Å². The molecule has 0 saturated heterocycles. The van der Waals surface area contributed by atoms with Crippen molar-refractivity contribution in [3.63, 3.8) is 0 Å². The molecule has 1 N–H and O–H groups in total. The predicted octanol–water partition coefficient (Wildman–Crippen LogP) is 4.68. The van der Waals surface area contributed by atoms with Crippen molar-refractivity contribution in [2.75, 3.05) is 17.3 Å². The van der Waals surface area contributed by atoms with E-state index in [4.69, 9.17) is 4.74 Å². The molecule has 0 unspecified atom stereocenters. The Morgan fingerprint density at radius 1 is 0.871 bits per heavy atom. The number of hydrogen-bond acceptors (Lipinski definition) is 4. The molecular weight excluding hydrogens is 402 g/mol. The number of para-hydroxylation sites is 1. The molecule has 0 aliphatic carbocycles. The molecule has 1 aliphatic rings. The van der Waals surface area contributed by atoms with Gasteiger partial charge in [-0.05, 0) is 48.4 Å². The number of aryl methyl sites for hydroxylation is 1. The van der Waals surface area contributed by atoms with E-state index in [1.165, 1.54) is 13.2 Å². The first-order valence-electron chi connectivity index (χ1n) is 9.46. The molecular formula is C24H18F2N2O3. The topological polar surface area (TPSA) is 58.6 Å². The summed E-state index contributed by atoms with van der Waals surface area (Å²) in [4.78, 5) is 27.4. The van der Waals surface area contributed by atoms with Crippen molar-refractivity contribution in [2.45, 2.75) is 6.92 Å². The van der Waals surface area contributed by atoms with Gasteiger partial charge in [0.15, 0.2) is 11.6 Å². The van der Waals surface area contributed by atoms with Crippen LogP contribution < -0.4 is 15.0 Å². The van der Waals surface area contributed by atoms with Crippen molar-refractivity contribution in [2.24, 2.45) is 0 Å². The van der Waals surface area contributed by atoms with Crippen LogP contribution in [0.25, 0.3) is 5.57 Å². The molecule has 3 aromatic carbocycles. The lowest BCUT2D eigenvalue weighted by Crippen LogP contribution is -2.32. The van der Waals surface area contributed by atoms with E-state index in [0.717, 1.165) is 22.6 Å². The quantitative estimate of drug-likeness (QED) is 0.609. The summed E-state index contributed by atoms with van der Waals surface area (Å²) in [7, 11) is 1.52. The van der Waals surface area contributed by atoms with Gasteiger partial charge in [0, 0.05) is 11.8 Å². The number of carbonyl (C=O) groups is 2. The summed E-state index contributed by atoms with van der Waals surface area (Å²) in [6, 6.07) is 16.9. The fraction of sp³-hybridized carbons (Fsp3) is 0.0833. The molecule has 0 spiro atoms. The van der Waals surface area contributed by atoms with Crippen LogP contribution in [-0.4, -0.2) is 18.9 Å². The maximum atomic E-state index is 13.8. The van der Waals surface area contributed by atoms with E-state index in [1.807, 2.05) is 19.1 Å². The first kappa shape index (κ1) is 20.3. The SMILES string of the molecule is COc1ccc(C2=C(Nc3ccccc3C)C(=O)N(c3ccc(F)c(F)c3)C2=O)cc1. The minimum Gasteiger partial charge on any atom is -0.497 e. The Labute approximate surface area is 177 Å². The molecule has 156 valence electrons. The number of nitrogens with one attached hydrogen (secondary N) is 1. The van der Waals surface area contributed by atoms with Gasteiger partial charge in [0.25, 0.3) is 11.8 Å².